The van der Waals surface area contributed by atoms with E-state index in [1.165, 1.54) is 24.3 Å². The van der Waals surface area contributed by atoms with E-state index >= 15 is 0 Å². The molecule has 2 N–H and O–H groups in total. The molecule has 0 aliphatic carbocycles. The smallest absolute Gasteiger partial charge is 0.325 e. The topological polar surface area (TPSA) is 78.5 Å². The fourth-order valence-corrected chi connectivity index (χ4v) is 3.26. The Balaban J connectivity index is 2.24. The number of hydrogen-bond acceptors (Lipinski definition) is 3. The minimum atomic E-state index is -1.32. The summed E-state index contributed by atoms with van der Waals surface area (Å²) in [7, 11) is 0. The summed E-state index contributed by atoms with van der Waals surface area (Å²) in [6, 6.07) is 4.70. The quantitative estimate of drug-likeness (QED) is 0.569. The summed E-state index contributed by atoms with van der Waals surface area (Å²) in [5, 5.41) is 5.40. The van der Waals surface area contributed by atoms with Gasteiger partial charge in [0.15, 0.2) is 0 Å². The second-order valence-electron chi connectivity index (χ2n) is 6.57. The van der Waals surface area contributed by atoms with Crippen LogP contribution in [0.5, 0.6) is 0 Å². The molecular weight excluding hydrogens is 349 g/mol. The molecule has 2 rings (SSSR count). The first-order valence-corrected chi connectivity index (χ1v) is 8.96. The molecule has 0 radical (unpaired) electrons. The normalized spacial score (nSPS) is 19.6. The van der Waals surface area contributed by atoms with Crippen molar-refractivity contribution >= 4 is 17.8 Å². The van der Waals surface area contributed by atoms with E-state index in [-0.39, 0.29) is 6.42 Å². The lowest BCUT2D eigenvalue weighted by atomic mass is 9.87. The Morgan fingerprint density at radius 2 is 1.85 bits per heavy atom. The fourth-order valence-electron chi connectivity index (χ4n) is 3.26. The third kappa shape index (κ3) is 3.65. The maximum atomic E-state index is 13.2. The summed E-state index contributed by atoms with van der Waals surface area (Å²) in [6.07, 6.45) is 6.86. The Morgan fingerprint density at radius 3 is 2.33 bits per heavy atom. The molecule has 144 valence electrons. The van der Waals surface area contributed by atoms with E-state index in [0.29, 0.717) is 18.4 Å². The monoisotopic (exact) mass is 373 g/mol. The highest BCUT2D eigenvalue weighted by Crippen LogP contribution is 2.32. The number of imide groups is 1. The SMILES string of the molecule is C#CC(CC)(CC)NC(=O)CN1C(=O)NC(CC)(c2ccc(F)cc2)C1=O. The number of halogens is 1. The van der Waals surface area contributed by atoms with Crippen LogP contribution in [0.15, 0.2) is 24.3 Å². The van der Waals surface area contributed by atoms with Crippen molar-refractivity contribution in [2.75, 3.05) is 6.54 Å². The van der Waals surface area contributed by atoms with E-state index < -0.39 is 41.3 Å². The lowest BCUT2D eigenvalue weighted by Gasteiger charge is -2.28. The Labute approximate surface area is 158 Å². The van der Waals surface area contributed by atoms with Gasteiger partial charge in [0.05, 0.1) is 0 Å². The summed E-state index contributed by atoms with van der Waals surface area (Å²) in [5.41, 5.74) is -1.66. The van der Waals surface area contributed by atoms with Crippen LogP contribution in [0.4, 0.5) is 9.18 Å². The number of carbonyl (C=O) groups is 3. The first kappa shape index (κ1) is 20.4. The number of terminal acetylenes is 1. The van der Waals surface area contributed by atoms with Crippen molar-refractivity contribution in [1.82, 2.24) is 15.5 Å². The Morgan fingerprint density at radius 1 is 1.26 bits per heavy atom. The Kier molecular flexibility index (Phi) is 5.89. The average Bonchev–Trinajstić information content (AvgIpc) is 2.92. The van der Waals surface area contributed by atoms with Crippen LogP contribution in [-0.4, -0.2) is 34.8 Å². The lowest BCUT2D eigenvalue weighted by Crippen LogP contribution is -2.51. The zero-order valence-electron chi connectivity index (χ0n) is 15.8. The van der Waals surface area contributed by atoms with Crippen LogP contribution in [0, 0.1) is 18.2 Å². The molecule has 1 aromatic rings. The van der Waals surface area contributed by atoms with Gasteiger partial charge in [-0.25, -0.2) is 9.18 Å². The molecule has 1 heterocycles. The van der Waals surface area contributed by atoms with Crippen molar-refractivity contribution in [2.24, 2.45) is 0 Å². The highest BCUT2D eigenvalue weighted by Gasteiger charge is 2.51. The van der Waals surface area contributed by atoms with Gasteiger partial charge in [-0.15, -0.1) is 6.42 Å². The summed E-state index contributed by atoms with van der Waals surface area (Å²) >= 11 is 0. The number of amides is 4. The molecule has 1 aliphatic rings. The predicted octanol–water partition coefficient (Wildman–Crippen LogP) is 2.29. The largest absolute Gasteiger partial charge is 0.338 e. The van der Waals surface area contributed by atoms with Gasteiger partial charge in [0.25, 0.3) is 5.91 Å². The first-order chi connectivity index (χ1) is 12.8. The van der Waals surface area contributed by atoms with E-state index in [0.717, 1.165) is 4.90 Å². The molecule has 1 fully saturated rings. The van der Waals surface area contributed by atoms with E-state index in [4.69, 9.17) is 6.42 Å². The number of hydrogen-bond donors (Lipinski definition) is 2. The number of rotatable bonds is 7. The molecule has 6 nitrogen and oxygen atoms in total. The number of benzene rings is 1. The van der Waals surface area contributed by atoms with Crippen molar-refractivity contribution in [1.29, 1.82) is 0 Å². The predicted molar refractivity (Wildman–Crippen MR) is 98.9 cm³/mol. The number of nitrogens with zero attached hydrogens (tertiary/aromatic N) is 1. The van der Waals surface area contributed by atoms with Crippen molar-refractivity contribution in [2.45, 2.75) is 51.1 Å². The van der Waals surface area contributed by atoms with Crippen LogP contribution in [0.1, 0.15) is 45.6 Å². The zero-order valence-corrected chi connectivity index (χ0v) is 15.8. The summed E-state index contributed by atoms with van der Waals surface area (Å²) in [6.45, 7) is 5.02. The molecule has 27 heavy (non-hydrogen) atoms. The van der Waals surface area contributed by atoms with Crippen LogP contribution >= 0.6 is 0 Å². The third-order valence-corrected chi connectivity index (χ3v) is 5.21. The lowest BCUT2D eigenvalue weighted by molar-refractivity contribution is -0.135. The molecular formula is C20H24FN3O3. The molecule has 1 saturated heterocycles. The Bertz CT molecular complexity index is 781. The van der Waals surface area contributed by atoms with E-state index in [1.807, 2.05) is 13.8 Å². The number of carbonyl (C=O) groups excluding carboxylic acids is 3. The van der Waals surface area contributed by atoms with Crippen molar-refractivity contribution < 1.29 is 18.8 Å². The van der Waals surface area contributed by atoms with Gasteiger partial charge in [0.2, 0.25) is 5.91 Å². The van der Waals surface area contributed by atoms with Crippen molar-refractivity contribution in [3.8, 4) is 12.3 Å². The summed E-state index contributed by atoms with van der Waals surface area (Å²) < 4.78 is 13.2. The van der Waals surface area contributed by atoms with Crippen LogP contribution in [0.2, 0.25) is 0 Å². The molecule has 1 aliphatic heterocycles. The molecule has 1 aromatic carbocycles. The van der Waals surface area contributed by atoms with Gasteiger partial charge in [-0.1, -0.05) is 38.8 Å². The number of nitrogens with one attached hydrogen (secondary N) is 2. The van der Waals surface area contributed by atoms with Gasteiger partial charge in [0.1, 0.15) is 23.4 Å². The van der Waals surface area contributed by atoms with Gasteiger partial charge >= 0.3 is 6.03 Å². The van der Waals surface area contributed by atoms with E-state index in [1.54, 1.807) is 6.92 Å². The molecule has 0 saturated carbocycles. The van der Waals surface area contributed by atoms with Gasteiger partial charge in [-0.2, -0.15) is 0 Å². The van der Waals surface area contributed by atoms with Gasteiger partial charge < -0.3 is 10.6 Å². The van der Waals surface area contributed by atoms with Crippen LogP contribution in [0.3, 0.4) is 0 Å². The van der Waals surface area contributed by atoms with Crippen molar-refractivity contribution in [3.63, 3.8) is 0 Å². The molecule has 7 heteroatoms. The summed E-state index contributed by atoms with van der Waals surface area (Å²) in [5.74, 6) is 1.08. The average molecular weight is 373 g/mol. The number of urea groups is 1. The third-order valence-electron chi connectivity index (χ3n) is 5.21. The maximum Gasteiger partial charge on any atom is 0.325 e. The zero-order chi connectivity index (χ0) is 20.2. The minimum absolute atomic E-state index is 0.263. The van der Waals surface area contributed by atoms with Crippen LogP contribution in [-0.2, 0) is 15.1 Å². The van der Waals surface area contributed by atoms with Gasteiger partial charge in [0, 0.05) is 0 Å². The molecule has 1 unspecified atom stereocenters. The highest BCUT2D eigenvalue weighted by molar-refractivity contribution is 6.09. The van der Waals surface area contributed by atoms with Crippen LogP contribution in [0.25, 0.3) is 0 Å². The maximum absolute atomic E-state index is 13.2. The second kappa shape index (κ2) is 7.78. The molecule has 0 spiro atoms. The van der Waals surface area contributed by atoms with E-state index in [9.17, 15) is 18.8 Å². The fraction of sp³-hybridized carbons (Fsp3) is 0.450. The van der Waals surface area contributed by atoms with Crippen molar-refractivity contribution in [3.05, 3.63) is 35.6 Å². The summed E-state index contributed by atoms with van der Waals surface area (Å²) in [4.78, 5) is 38.7. The van der Waals surface area contributed by atoms with Crippen LogP contribution < -0.4 is 10.6 Å². The molecule has 4 amide bonds. The van der Waals surface area contributed by atoms with Gasteiger partial charge in [-0.3, -0.25) is 14.5 Å². The molecule has 0 aromatic heterocycles. The van der Waals surface area contributed by atoms with Gasteiger partial charge in [-0.05, 0) is 37.0 Å². The van der Waals surface area contributed by atoms with E-state index in [2.05, 4.69) is 16.6 Å². The minimum Gasteiger partial charge on any atom is -0.338 e. The molecule has 1 atom stereocenters. The first-order valence-electron chi connectivity index (χ1n) is 8.96. The second-order valence-corrected chi connectivity index (χ2v) is 6.57. The standard InChI is InChI=1S/C20H24FN3O3/c1-5-19(6-2,7-3)22-16(25)13-24-17(26)20(8-4,23-18(24)27)14-9-11-15(21)12-10-14/h1,9-12H,6-8,13H2,2-4H3,(H,22,25)(H,23,27). The highest BCUT2D eigenvalue weighted by atomic mass is 19.1. The molecule has 0 bridgehead atoms. The Hall–Kier alpha value is -2.88.